The summed E-state index contributed by atoms with van der Waals surface area (Å²) in [6.07, 6.45) is 3.61. The molecule has 4 rings (SSSR count). The van der Waals surface area contributed by atoms with Gasteiger partial charge in [0, 0.05) is 43.0 Å². The summed E-state index contributed by atoms with van der Waals surface area (Å²) in [5.41, 5.74) is 0.700. The second-order valence-corrected chi connectivity index (χ2v) is 7.21. The van der Waals surface area contributed by atoms with Crippen LogP contribution in [-0.2, 0) is 0 Å². The zero-order chi connectivity index (χ0) is 18.8. The monoisotopic (exact) mass is 426 g/mol. The molecule has 1 saturated heterocycles. The average Bonchev–Trinajstić information content (AvgIpc) is 3.14. The highest BCUT2D eigenvalue weighted by Crippen LogP contribution is 2.20. The number of amides is 1. The van der Waals surface area contributed by atoms with Gasteiger partial charge >= 0.3 is 0 Å². The number of aromatic nitrogens is 4. The number of rotatable bonds is 3. The third-order valence-electron chi connectivity index (χ3n) is 4.70. The van der Waals surface area contributed by atoms with E-state index in [1.165, 1.54) is 0 Å². The van der Waals surface area contributed by atoms with Crippen LogP contribution in [0, 0.1) is 6.92 Å². The van der Waals surface area contributed by atoms with Crippen LogP contribution in [0.2, 0.25) is 0 Å². The predicted molar refractivity (Wildman–Crippen MR) is 106 cm³/mol. The highest BCUT2D eigenvalue weighted by atomic mass is 79.9. The summed E-state index contributed by atoms with van der Waals surface area (Å²) >= 11 is 3.46. The molecule has 0 unspecified atom stereocenters. The lowest BCUT2D eigenvalue weighted by Crippen LogP contribution is -2.49. The van der Waals surface area contributed by atoms with E-state index in [0.717, 1.165) is 35.0 Å². The minimum atomic E-state index is 0.0548. The molecule has 2 aromatic heterocycles. The van der Waals surface area contributed by atoms with Crippen molar-refractivity contribution in [3.63, 3.8) is 0 Å². The minimum Gasteiger partial charge on any atom is -0.352 e. The first kappa shape index (κ1) is 17.7. The second-order valence-electron chi connectivity index (χ2n) is 6.35. The molecule has 0 bridgehead atoms. The van der Waals surface area contributed by atoms with Crippen LogP contribution >= 0.6 is 15.9 Å². The van der Waals surface area contributed by atoms with Gasteiger partial charge in [-0.15, -0.1) is 10.2 Å². The minimum absolute atomic E-state index is 0.0548. The number of carbonyl (C=O) groups excluding carboxylic acids is 1. The molecule has 8 heteroatoms. The van der Waals surface area contributed by atoms with Crippen molar-refractivity contribution in [1.82, 2.24) is 24.6 Å². The number of aryl methyl sites for hydroxylation is 1. The Morgan fingerprint density at radius 1 is 1.00 bits per heavy atom. The van der Waals surface area contributed by atoms with E-state index in [9.17, 15) is 4.79 Å². The SMILES string of the molecule is Cc1nccn1-c1ccc(N2CCN(C(=O)c3ccccc3Br)CC2)nn1. The molecule has 0 atom stereocenters. The van der Waals surface area contributed by atoms with Crippen LogP contribution in [0.4, 0.5) is 5.82 Å². The molecular weight excluding hydrogens is 408 g/mol. The zero-order valence-corrected chi connectivity index (χ0v) is 16.5. The van der Waals surface area contributed by atoms with Crippen LogP contribution in [0.25, 0.3) is 5.82 Å². The number of piperazine rings is 1. The summed E-state index contributed by atoms with van der Waals surface area (Å²) in [4.78, 5) is 21.0. The first-order valence-corrected chi connectivity index (χ1v) is 9.55. The van der Waals surface area contributed by atoms with Crippen LogP contribution in [0.1, 0.15) is 16.2 Å². The Balaban J connectivity index is 1.41. The lowest BCUT2D eigenvalue weighted by molar-refractivity contribution is 0.0745. The van der Waals surface area contributed by atoms with Crippen molar-refractivity contribution in [2.75, 3.05) is 31.1 Å². The summed E-state index contributed by atoms with van der Waals surface area (Å²) in [7, 11) is 0. The van der Waals surface area contributed by atoms with E-state index in [1.807, 2.05) is 59.0 Å². The summed E-state index contributed by atoms with van der Waals surface area (Å²) in [5.74, 6) is 2.50. The van der Waals surface area contributed by atoms with Crippen molar-refractivity contribution in [3.05, 3.63) is 64.7 Å². The molecule has 1 aromatic carbocycles. The first-order chi connectivity index (χ1) is 13.1. The molecule has 1 aliphatic rings. The Hall–Kier alpha value is -2.74. The maximum atomic E-state index is 12.7. The molecule has 0 N–H and O–H groups in total. The van der Waals surface area contributed by atoms with Gasteiger partial charge < -0.3 is 9.80 Å². The van der Waals surface area contributed by atoms with Gasteiger partial charge in [-0.1, -0.05) is 12.1 Å². The van der Waals surface area contributed by atoms with Crippen LogP contribution < -0.4 is 4.90 Å². The van der Waals surface area contributed by atoms with E-state index in [2.05, 4.69) is 36.0 Å². The number of carbonyl (C=O) groups is 1. The number of halogens is 1. The Morgan fingerprint density at radius 2 is 1.70 bits per heavy atom. The Kier molecular flexibility index (Phi) is 4.89. The number of nitrogens with zero attached hydrogens (tertiary/aromatic N) is 6. The number of anilines is 1. The van der Waals surface area contributed by atoms with E-state index < -0.39 is 0 Å². The third kappa shape index (κ3) is 3.57. The first-order valence-electron chi connectivity index (χ1n) is 8.76. The predicted octanol–water partition coefficient (Wildman–Crippen LogP) is 2.70. The Bertz CT molecular complexity index is 947. The van der Waals surface area contributed by atoms with Crippen molar-refractivity contribution in [2.45, 2.75) is 6.92 Å². The van der Waals surface area contributed by atoms with E-state index >= 15 is 0 Å². The lowest BCUT2D eigenvalue weighted by Gasteiger charge is -2.35. The van der Waals surface area contributed by atoms with Gasteiger partial charge in [-0.25, -0.2) is 4.98 Å². The topological polar surface area (TPSA) is 67.2 Å². The van der Waals surface area contributed by atoms with Crippen LogP contribution in [-0.4, -0.2) is 56.7 Å². The molecule has 0 saturated carbocycles. The lowest BCUT2D eigenvalue weighted by atomic mass is 10.2. The molecular formula is C19H19BrN6O. The Morgan fingerprint density at radius 3 is 2.33 bits per heavy atom. The summed E-state index contributed by atoms with van der Waals surface area (Å²) in [6, 6.07) is 11.4. The van der Waals surface area contributed by atoms with Crippen LogP contribution in [0.5, 0.6) is 0 Å². The van der Waals surface area contributed by atoms with Crippen molar-refractivity contribution < 1.29 is 4.79 Å². The highest BCUT2D eigenvalue weighted by molar-refractivity contribution is 9.10. The summed E-state index contributed by atoms with van der Waals surface area (Å²) in [5, 5.41) is 8.67. The maximum Gasteiger partial charge on any atom is 0.255 e. The molecule has 27 heavy (non-hydrogen) atoms. The van der Waals surface area contributed by atoms with E-state index in [1.54, 1.807) is 6.20 Å². The molecule has 3 heterocycles. The van der Waals surface area contributed by atoms with Gasteiger partial charge in [-0.3, -0.25) is 9.36 Å². The van der Waals surface area contributed by atoms with Crippen molar-refractivity contribution >= 4 is 27.7 Å². The number of benzene rings is 1. The standard InChI is InChI=1S/C19H19BrN6O/c1-14-21-8-9-26(14)18-7-6-17(22-23-18)24-10-12-25(13-11-24)19(27)15-4-2-3-5-16(15)20/h2-9H,10-13H2,1H3. The van der Waals surface area contributed by atoms with Crippen molar-refractivity contribution in [2.24, 2.45) is 0 Å². The largest absolute Gasteiger partial charge is 0.352 e. The van der Waals surface area contributed by atoms with Gasteiger partial charge in [-0.05, 0) is 47.1 Å². The average molecular weight is 427 g/mol. The van der Waals surface area contributed by atoms with Crippen LogP contribution in [0.3, 0.4) is 0 Å². The zero-order valence-electron chi connectivity index (χ0n) is 14.9. The fourth-order valence-electron chi connectivity index (χ4n) is 3.18. The third-order valence-corrected chi connectivity index (χ3v) is 5.40. The molecule has 7 nitrogen and oxygen atoms in total. The van der Waals surface area contributed by atoms with E-state index in [0.29, 0.717) is 18.7 Å². The van der Waals surface area contributed by atoms with Gasteiger partial charge in [0.25, 0.3) is 5.91 Å². The fraction of sp³-hybridized carbons (Fsp3) is 0.263. The molecule has 138 valence electrons. The highest BCUT2D eigenvalue weighted by Gasteiger charge is 2.24. The van der Waals surface area contributed by atoms with Crippen molar-refractivity contribution in [1.29, 1.82) is 0 Å². The Labute approximate surface area is 165 Å². The smallest absolute Gasteiger partial charge is 0.255 e. The normalized spacial score (nSPS) is 14.4. The van der Waals surface area contributed by atoms with Crippen LogP contribution in [0.15, 0.2) is 53.3 Å². The fourth-order valence-corrected chi connectivity index (χ4v) is 3.63. The molecule has 0 spiro atoms. The van der Waals surface area contributed by atoms with Gasteiger partial charge in [0.15, 0.2) is 11.6 Å². The van der Waals surface area contributed by atoms with E-state index in [4.69, 9.17) is 0 Å². The number of imidazole rings is 1. The van der Waals surface area contributed by atoms with Gasteiger partial charge in [0.1, 0.15) is 5.82 Å². The summed E-state index contributed by atoms with van der Waals surface area (Å²) < 4.78 is 2.72. The number of hydrogen-bond acceptors (Lipinski definition) is 5. The molecule has 1 fully saturated rings. The maximum absolute atomic E-state index is 12.7. The number of hydrogen-bond donors (Lipinski definition) is 0. The molecule has 1 amide bonds. The quantitative estimate of drug-likeness (QED) is 0.643. The molecule has 3 aromatic rings. The summed E-state index contributed by atoms with van der Waals surface area (Å²) in [6.45, 7) is 4.70. The molecule has 0 aliphatic carbocycles. The van der Waals surface area contributed by atoms with Gasteiger partial charge in [0.2, 0.25) is 0 Å². The van der Waals surface area contributed by atoms with Gasteiger partial charge in [-0.2, -0.15) is 0 Å². The molecule has 0 radical (unpaired) electrons. The second kappa shape index (κ2) is 7.48. The van der Waals surface area contributed by atoms with Gasteiger partial charge in [0.05, 0.1) is 5.56 Å². The van der Waals surface area contributed by atoms with E-state index in [-0.39, 0.29) is 5.91 Å². The molecule has 1 aliphatic heterocycles. The van der Waals surface area contributed by atoms with Crippen molar-refractivity contribution in [3.8, 4) is 5.82 Å².